The zero-order chi connectivity index (χ0) is 20.5. The first kappa shape index (κ1) is 20.4. The van der Waals surface area contributed by atoms with Gasteiger partial charge in [0.2, 0.25) is 17.7 Å². The first-order chi connectivity index (χ1) is 13.9. The van der Waals surface area contributed by atoms with Crippen LogP contribution in [0.15, 0.2) is 18.2 Å². The molecule has 3 aliphatic heterocycles. The number of hydrogen-bond donors (Lipinski definition) is 4. The van der Waals surface area contributed by atoms with E-state index in [-0.39, 0.29) is 24.5 Å². The van der Waals surface area contributed by atoms with Crippen molar-refractivity contribution in [2.24, 2.45) is 11.8 Å². The Morgan fingerprint density at radius 2 is 1.86 bits per heavy atom. The molecule has 3 fully saturated rings. The van der Waals surface area contributed by atoms with Crippen LogP contribution in [-0.2, 0) is 14.4 Å². The third-order valence-electron chi connectivity index (χ3n) is 5.71. The zero-order valence-corrected chi connectivity index (χ0v) is 17.2. The number of anilines is 1. The van der Waals surface area contributed by atoms with Crippen molar-refractivity contribution in [2.75, 3.05) is 18.4 Å². The number of amides is 3. The number of rotatable bonds is 3. The average molecular weight is 440 g/mol. The van der Waals surface area contributed by atoms with Crippen LogP contribution in [0.3, 0.4) is 0 Å². The zero-order valence-electron chi connectivity index (χ0n) is 15.7. The Bertz CT molecular complexity index is 830. The highest BCUT2D eigenvalue weighted by Gasteiger charge is 2.49. The molecule has 0 saturated carbocycles. The van der Waals surface area contributed by atoms with Gasteiger partial charge < -0.3 is 16.0 Å². The minimum atomic E-state index is -0.821. The molecule has 0 aromatic heterocycles. The highest BCUT2D eigenvalue weighted by Crippen LogP contribution is 2.31. The number of benzene rings is 1. The fourth-order valence-electron chi connectivity index (χ4n) is 4.25. The number of likely N-dealkylation sites (tertiary alicyclic amines) is 1. The van der Waals surface area contributed by atoms with Crippen molar-refractivity contribution in [3.05, 3.63) is 28.2 Å². The van der Waals surface area contributed by atoms with E-state index < -0.39 is 23.9 Å². The van der Waals surface area contributed by atoms with Crippen molar-refractivity contribution in [1.82, 2.24) is 20.9 Å². The van der Waals surface area contributed by atoms with Crippen molar-refractivity contribution in [3.63, 3.8) is 0 Å². The van der Waals surface area contributed by atoms with E-state index in [1.807, 2.05) is 0 Å². The molecule has 156 valence electrons. The van der Waals surface area contributed by atoms with E-state index in [1.54, 1.807) is 12.1 Å². The summed E-state index contributed by atoms with van der Waals surface area (Å²) < 4.78 is 0. The summed E-state index contributed by atoms with van der Waals surface area (Å²) in [4.78, 5) is 40.3. The quantitative estimate of drug-likeness (QED) is 0.571. The van der Waals surface area contributed by atoms with Crippen LogP contribution in [0.1, 0.15) is 25.7 Å². The monoisotopic (exact) mass is 439 g/mol. The molecule has 4 rings (SSSR count). The summed E-state index contributed by atoms with van der Waals surface area (Å²) in [6.07, 6.45) is 2.28. The number of carbonyl (C=O) groups is 3. The number of carbonyl (C=O) groups excluding carboxylic acids is 3. The van der Waals surface area contributed by atoms with Gasteiger partial charge in [-0.1, -0.05) is 29.6 Å². The molecular weight excluding hydrogens is 417 g/mol. The van der Waals surface area contributed by atoms with Gasteiger partial charge in [0.15, 0.2) is 0 Å². The van der Waals surface area contributed by atoms with Gasteiger partial charge in [-0.05, 0) is 31.0 Å². The van der Waals surface area contributed by atoms with E-state index in [2.05, 4.69) is 26.2 Å². The van der Waals surface area contributed by atoms with Crippen molar-refractivity contribution in [1.29, 1.82) is 0 Å². The van der Waals surface area contributed by atoms with Gasteiger partial charge in [0.1, 0.15) is 6.29 Å². The maximum atomic E-state index is 12.9. The predicted molar refractivity (Wildman–Crippen MR) is 109 cm³/mol. The number of fused-ring (bicyclic) bond motifs is 1. The van der Waals surface area contributed by atoms with Crippen LogP contribution in [0, 0.1) is 11.8 Å². The Balaban J connectivity index is 1.51. The molecule has 4 unspecified atom stereocenters. The highest BCUT2D eigenvalue weighted by molar-refractivity contribution is 6.35. The third kappa shape index (κ3) is 4.35. The van der Waals surface area contributed by atoms with Crippen molar-refractivity contribution < 1.29 is 14.4 Å². The van der Waals surface area contributed by atoms with Crippen LogP contribution in [0.25, 0.3) is 0 Å². The van der Waals surface area contributed by atoms with Gasteiger partial charge in [-0.3, -0.25) is 24.6 Å². The number of nitrogens with zero attached hydrogens (tertiary/aromatic N) is 1. The summed E-state index contributed by atoms with van der Waals surface area (Å²) in [7, 11) is 0. The lowest BCUT2D eigenvalue weighted by Gasteiger charge is -2.46. The molecule has 0 bridgehead atoms. The largest absolute Gasteiger partial charge is 0.340 e. The molecule has 3 aliphatic rings. The summed E-state index contributed by atoms with van der Waals surface area (Å²) in [6.45, 7) is 1.75. The minimum Gasteiger partial charge on any atom is -0.340 e. The third-order valence-corrected chi connectivity index (χ3v) is 6.28. The summed E-state index contributed by atoms with van der Waals surface area (Å²) in [5.41, 5.74) is 0.349. The smallest absolute Gasteiger partial charge is 0.229 e. The van der Waals surface area contributed by atoms with Gasteiger partial charge in [-0.2, -0.15) is 0 Å². The van der Waals surface area contributed by atoms with Crippen LogP contribution < -0.4 is 21.3 Å². The first-order valence-electron chi connectivity index (χ1n) is 9.78. The molecule has 0 aliphatic carbocycles. The van der Waals surface area contributed by atoms with E-state index in [9.17, 15) is 14.4 Å². The lowest BCUT2D eigenvalue weighted by atomic mass is 9.81. The minimum absolute atomic E-state index is 0.0747. The molecule has 1 aromatic rings. The molecule has 4 N–H and O–H groups in total. The van der Waals surface area contributed by atoms with E-state index in [4.69, 9.17) is 23.2 Å². The summed E-state index contributed by atoms with van der Waals surface area (Å²) in [5, 5.41) is 12.5. The molecular formula is C19H23Cl2N5O3. The van der Waals surface area contributed by atoms with Crippen LogP contribution in [0.5, 0.6) is 0 Å². The summed E-state index contributed by atoms with van der Waals surface area (Å²) in [6, 6.07) is 4.73. The molecule has 3 amide bonds. The van der Waals surface area contributed by atoms with Gasteiger partial charge in [-0.15, -0.1) is 0 Å². The van der Waals surface area contributed by atoms with Gasteiger partial charge in [0.05, 0.1) is 28.7 Å². The second kappa shape index (κ2) is 8.47. The fourth-order valence-corrected chi connectivity index (χ4v) is 4.59. The highest BCUT2D eigenvalue weighted by atomic mass is 35.5. The number of halogens is 2. The van der Waals surface area contributed by atoms with Crippen LogP contribution in [0.4, 0.5) is 5.69 Å². The topological polar surface area (TPSA) is 103 Å². The number of hydrogen-bond acceptors (Lipinski definition) is 5. The average Bonchev–Trinajstić information content (AvgIpc) is 2.70. The standard InChI is InChI=1S/C19H23Cl2N5O3/c20-10-4-5-12(21)13(8-10)22-17(28)11-9-14(27)23-16-15(11)18(29)25-19(24-16)26-6-2-1-3-7-26/h4-5,8,11,15-16,19,24H,1-3,6-7,9H2,(H,22,28)(H,23,27)(H,25,29). The molecule has 8 nitrogen and oxygen atoms in total. The number of piperidine rings is 2. The molecule has 3 heterocycles. The summed E-state index contributed by atoms with van der Waals surface area (Å²) >= 11 is 12.1. The molecule has 3 saturated heterocycles. The lowest BCUT2D eigenvalue weighted by molar-refractivity contribution is -0.147. The Labute approximate surface area is 178 Å². The molecule has 4 atom stereocenters. The van der Waals surface area contributed by atoms with E-state index >= 15 is 0 Å². The van der Waals surface area contributed by atoms with Gasteiger partial charge >= 0.3 is 0 Å². The van der Waals surface area contributed by atoms with Gasteiger partial charge in [0.25, 0.3) is 0 Å². The van der Waals surface area contributed by atoms with Crippen LogP contribution in [-0.4, -0.2) is 48.2 Å². The second-order valence-electron chi connectivity index (χ2n) is 7.67. The van der Waals surface area contributed by atoms with E-state index in [1.165, 1.54) is 12.5 Å². The maximum Gasteiger partial charge on any atom is 0.229 e. The molecule has 0 radical (unpaired) electrons. The van der Waals surface area contributed by atoms with Crippen LogP contribution >= 0.6 is 23.2 Å². The molecule has 1 aromatic carbocycles. The molecule has 29 heavy (non-hydrogen) atoms. The second-order valence-corrected chi connectivity index (χ2v) is 8.51. The predicted octanol–water partition coefficient (Wildman–Crippen LogP) is 1.50. The Morgan fingerprint density at radius 3 is 2.62 bits per heavy atom. The first-order valence-corrected chi connectivity index (χ1v) is 10.5. The van der Waals surface area contributed by atoms with Gasteiger partial charge in [-0.25, -0.2) is 0 Å². The fraction of sp³-hybridized carbons (Fsp3) is 0.526. The molecule has 10 heteroatoms. The maximum absolute atomic E-state index is 12.9. The van der Waals surface area contributed by atoms with E-state index in [0.717, 1.165) is 25.9 Å². The Morgan fingerprint density at radius 1 is 1.10 bits per heavy atom. The molecule has 0 spiro atoms. The van der Waals surface area contributed by atoms with Crippen LogP contribution in [0.2, 0.25) is 10.0 Å². The number of nitrogens with one attached hydrogen (secondary N) is 4. The van der Waals surface area contributed by atoms with Crippen molar-refractivity contribution in [2.45, 2.75) is 38.1 Å². The van der Waals surface area contributed by atoms with Gasteiger partial charge in [0, 0.05) is 24.5 Å². The van der Waals surface area contributed by atoms with Crippen molar-refractivity contribution in [3.8, 4) is 0 Å². The Hall–Kier alpha value is -1.87. The SMILES string of the molecule is O=C1CC(C(=O)Nc2cc(Cl)ccc2Cl)C2C(=O)NC(N3CCCCC3)NC2N1. The normalized spacial score (nSPS) is 30.1. The Kier molecular flexibility index (Phi) is 5.96. The van der Waals surface area contributed by atoms with Crippen molar-refractivity contribution >= 4 is 46.6 Å². The summed E-state index contributed by atoms with van der Waals surface area (Å²) in [5.74, 6) is -2.50. The van der Waals surface area contributed by atoms with E-state index in [0.29, 0.717) is 15.7 Å². The lowest BCUT2D eigenvalue weighted by Crippen LogP contribution is -2.74.